The number of ketones is 2. The quantitative estimate of drug-likeness (QED) is 0.516. The zero-order valence-corrected chi connectivity index (χ0v) is 14.6. The normalized spacial score (nSPS) is 21.4. The van der Waals surface area contributed by atoms with Gasteiger partial charge in [-0.25, -0.2) is 0 Å². The van der Waals surface area contributed by atoms with Gasteiger partial charge in [0, 0.05) is 33.8 Å². The maximum Gasteiger partial charge on any atom is 0.196 e. The fourth-order valence-corrected chi connectivity index (χ4v) is 3.87. The molecule has 1 atom stereocenters. The van der Waals surface area contributed by atoms with E-state index >= 15 is 0 Å². The van der Waals surface area contributed by atoms with Crippen molar-refractivity contribution < 1.29 is 9.59 Å². The molecular weight excluding hydrogens is 357 g/mol. The van der Waals surface area contributed by atoms with Crippen LogP contribution in [0.4, 0.5) is 5.69 Å². The molecule has 2 aromatic carbocycles. The molecule has 3 nitrogen and oxygen atoms in total. The highest BCUT2D eigenvalue weighted by atomic mass is 35.5. The van der Waals surface area contributed by atoms with Crippen LogP contribution in [-0.2, 0) is 0 Å². The van der Waals surface area contributed by atoms with Crippen molar-refractivity contribution in [2.24, 2.45) is 0 Å². The van der Waals surface area contributed by atoms with E-state index in [2.05, 4.69) is 5.32 Å². The molecule has 0 radical (unpaired) electrons. The van der Waals surface area contributed by atoms with Gasteiger partial charge in [-0.15, -0.1) is 0 Å². The summed E-state index contributed by atoms with van der Waals surface area (Å²) in [4.78, 5) is 24.8. The van der Waals surface area contributed by atoms with E-state index in [1.165, 1.54) is 0 Å². The van der Waals surface area contributed by atoms with E-state index < -0.39 is 5.00 Å². The first-order valence-corrected chi connectivity index (χ1v) is 8.57. The minimum absolute atomic E-state index is 0.158. The number of rotatable bonds is 2. The summed E-state index contributed by atoms with van der Waals surface area (Å²) >= 11 is 12.7. The van der Waals surface area contributed by atoms with Gasteiger partial charge in [0.25, 0.3) is 0 Å². The van der Waals surface area contributed by atoms with Gasteiger partial charge in [0.2, 0.25) is 0 Å². The number of nitrogens with one attached hydrogen (secondary N) is 1. The first-order valence-electron chi connectivity index (χ1n) is 7.82. The van der Waals surface area contributed by atoms with Crippen LogP contribution in [0.3, 0.4) is 0 Å². The Balaban J connectivity index is 1.82. The molecular formula is C20H13Cl2NO2. The van der Waals surface area contributed by atoms with Gasteiger partial charge in [-0.3, -0.25) is 9.59 Å². The summed E-state index contributed by atoms with van der Waals surface area (Å²) < 4.78 is 0. The molecule has 0 bridgehead atoms. The molecule has 25 heavy (non-hydrogen) atoms. The van der Waals surface area contributed by atoms with Crippen LogP contribution in [0.5, 0.6) is 0 Å². The number of carbonyl (C=O) groups excluding carboxylic acids is 2. The fourth-order valence-electron chi connectivity index (χ4n) is 3.23. The van der Waals surface area contributed by atoms with E-state index in [-0.39, 0.29) is 11.6 Å². The molecule has 4 rings (SSSR count). The van der Waals surface area contributed by atoms with Crippen LogP contribution in [0.15, 0.2) is 65.7 Å². The lowest BCUT2D eigenvalue weighted by atomic mass is 9.83. The number of fused-ring (bicyclic) bond motifs is 2. The average Bonchev–Trinajstić information content (AvgIpc) is 2.59. The molecule has 0 fully saturated rings. The number of benzene rings is 2. The predicted molar refractivity (Wildman–Crippen MR) is 99.6 cm³/mol. The van der Waals surface area contributed by atoms with Crippen molar-refractivity contribution in [2.45, 2.75) is 11.4 Å². The van der Waals surface area contributed by atoms with Crippen LogP contribution in [0.25, 0.3) is 0 Å². The standard InChI is InChI=1S/C20H13Cl2NO2/c21-12-5-4-10-20(22,11-12)23-16-9-3-8-15-17(16)19(25)14-7-2-1-6-13(14)18(15)24/h1-9,11,23H,10H2. The molecule has 0 heterocycles. The Labute approximate surface area is 154 Å². The lowest BCUT2D eigenvalue weighted by molar-refractivity contribution is 0.0979. The Morgan fingerprint density at radius 3 is 2.32 bits per heavy atom. The lowest BCUT2D eigenvalue weighted by Crippen LogP contribution is -2.32. The first-order chi connectivity index (χ1) is 12.0. The van der Waals surface area contributed by atoms with Crippen molar-refractivity contribution >= 4 is 40.5 Å². The molecule has 0 saturated carbocycles. The highest BCUT2D eigenvalue weighted by Crippen LogP contribution is 2.36. The van der Waals surface area contributed by atoms with Crippen molar-refractivity contribution in [1.82, 2.24) is 0 Å². The lowest BCUT2D eigenvalue weighted by Gasteiger charge is -2.29. The number of hydrogen-bond donors (Lipinski definition) is 1. The Morgan fingerprint density at radius 2 is 1.60 bits per heavy atom. The Bertz CT molecular complexity index is 977. The number of anilines is 1. The van der Waals surface area contributed by atoms with Gasteiger partial charge < -0.3 is 5.32 Å². The Kier molecular flexibility index (Phi) is 3.78. The topological polar surface area (TPSA) is 46.2 Å². The van der Waals surface area contributed by atoms with E-state index in [4.69, 9.17) is 23.2 Å². The number of allylic oxidation sites excluding steroid dienone is 2. The smallest absolute Gasteiger partial charge is 0.196 e. The highest BCUT2D eigenvalue weighted by Gasteiger charge is 2.34. The first kappa shape index (κ1) is 16.1. The molecule has 0 aromatic heterocycles. The number of carbonyl (C=O) groups is 2. The summed E-state index contributed by atoms with van der Waals surface area (Å²) in [7, 11) is 0. The molecule has 0 amide bonds. The van der Waals surface area contributed by atoms with Crippen LogP contribution in [0.2, 0.25) is 0 Å². The summed E-state index contributed by atoms with van der Waals surface area (Å²) in [5.41, 5.74) is 2.10. The van der Waals surface area contributed by atoms with Gasteiger partial charge in [-0.2, -0.15) is 0 Å². The summed E-state index contributed by atoms with van der Waals surface area (Å²) in [5.74, 6) is -0.343. The van der Waals surface area contributed by atoms with Gasteiger partial charge in [0.1, 0.15) is 5.00 Å². The fraction of sp³-hybridized carbons (Fsp3) is 0.100. The minimum atomic E-state index is -0.943. The SMILES string of the molecule is O=C1c2ccccc2C(=O)c2c(NC3(Cl)C=C(Cl)C=CC3)cccc21. The molecule has 0 aliphatic heterocycles. The summed E-state index contributed by atoms with van der Waals surface area (Å²) in [6.45, 7) is 0. The second-order valence-electron chi connectivity index (χ2n) is 6.06. The van der Waals surface area contributed by atoms with Crippen molar-refractivity contribution in [1.29, 1.82) is 0 Å². The molecule has 2 aliphatic carbocycles. The van der Waals surface area contributed by atoms with Crippen molar-refractivity contribution in [2.75, 3.05) is 5.32 Å². The van der Waals surface area contributed by atoms with Crippen LogP contribution >= 0.6 is 23.2 Å². The summed E-state index contributed by atoms with van der Waals surface area (Å²) in [6, 6.07) is 12.0. The van der Waals surface area contributed by atoms with Crippen molar-refractivity contribution in [3.05, 3.63) is 88.0 Å². The molecule has 0 spiro atoms. The van der Waals surface area contributed by atoms with Gasteiger partial charge in [0.15, 0.2) is 11.6 Å². The molecule has 124 valence electrons. The Hall–Kier alpha value is -2.36. The third kappa shape index (κ3) is 2.70. The van der Waals surface area contributed by atoms with Crippen LogP contribution < -0.4 is 5.32 Å². The van der Waals surface area contributed by atoms with Crippen LogP contribution in [0, 0.1) is 0 Å². The van der Waals surface area contributed by atoms with E-state index in [0.29, 0.717) is 39.4 Å². The third-order valence-electron chi connectivity index (χ3n) is 4.35. The number of halogens is 2. The van der Waals surface area contributed by atoms with Gasteiger partial charge in [0.05, 0.1) is 5.56 Å². The molecule has 0 saturated heterocycles. The second-order valence-corrected chi connectivity index (χ2v) is 7.17. The maximum absolute atomic E-state index is 13.0. The Morgan fingerprint density at radius 1 is 0.920 bits per heavy atom. The predicted octanol–water partition coefficient (Wildman–Crippen LogP) is 4.89. The van der Waals surface area contributed by atoms with E-state index in [9.17, 15) is 9.59 Å². The molecule has 2 aliphatic rings. The van der Waals surface area contributed by atoms with Gasteiger partial charge >= 0.3 is 0 Å². The zero-order valence-electron chi connectivity index (χ0n) is 13.1. The van der Waals surface area contributed by atoms with Crippen molar-refractivity contribution in [3.8, 4) is 0 Å². The molecule has 1 unspecified atom stereocenters. The van der Waals surface area contributed by atoms with E-state index in [1.807, 2.05) is 6.08 Å². The average molecular weight is 370 g/mol. The van der Waals surface area contributed by atoms with Crippen LogP contribution in [0.1, 0.15) is 38.3 Å². The third-order valence-corrected chi connectivity index (χ3v) is 4.95. The minimum Gasteiger partial charge on any atom is -0.363 e. The number of hydrogen-bond acceptors (Lipinski definition) is 3. The van der Waals surface area contributed by atoms with Gasteiger partial charge in [-0.1, -0.05) is 65.7 Å². The number of alkyl halides is 1. The van der Waals surface area contributed by atoms with E-state index in [1.54, 1.807) is 54.6 Å². The highest BCUT2D eigenvalue weighted by molar-refractivity contribution is 6.34. The van der Waals surface area contributed by atoms with Crippen molar-refractivity contribution in [3.63, 3.8) is 0 Å². The summed E-state index contributed by atoms with van der Waals surface area (Å²) in [6.07, 6.45) is 5.83. The van der Waals surface area contributed by atoms with Crippen LogP contribution in [-0.4, -0.2) is 16.6 Å². The maximum atomic E-state index is 13.0. The molecule has 2 aromatic rings. The largest absolute Gasteiger partial charge is 0.363 e. The summed E-state index contributed by atoms with van der Waals surface area (Å²) in [5, 5.41) is 3.70. The van der Waals surface area contributed by atoms with E-state index in [0.717, 1.165) is 0 Å². The monoisotopic (exact) mass is 369 g/mol. The second kappa shape index (κ2) is 5.87. The molecule has 5 heteroatoms. The van der Waals surface area contributed by atoms with Gasteiger partial charge in [-0.05, 0) is 18.2 Å². The zero-order chi connectivity index (χ0) is 17.6. The molecule has 1 N–H and O–H groups in total.